The highest BCUT2D eigenvalue weighted by Gasteiger charge is 2.29. The van der Waals surface area contributed by atoms with Crippen LogP contribution in [0.25, 0.3) is 21.7 Å². The molecule has 4 aromatic rings. The molecule has 3 aromatic carbocycles. The molecular weight excluding hydrogens is 440 g/mol. The number of nitrogens with zero attached hydrogens (tertiary/aromatic N) is 3. The van der Waals surface area contributed by atoms with Gasteiger partial charge in [0.2, 0.25) is 0 Å². The molecule has 1 amide bonds. The topological polar surface area (TPSA) is 91.9 Å². The fourth-order valence-electron chi connectivity index (χ4n) is 4.90. The molecule has 0 radical (unpaired) electrons. The van der Waals surface area contributed by atoms with Crippen molar-refractivity contribution in [2.45, 2.75) is 18.6 Å². The number of anilines is 1. The third-order valence-corrected chi connectivity index (χ3v) is 6.83. The average molecular weight is 471 g/mol. The van der Waals surface area contributed by atoms with Gasteiger partial charge in [-0.25, -0.2) is 0 Å². The van der Waals surface area contributed by atoms with Crippen LogP contribution < -0.4 is 10.5 Å². The predicted molar refractivity (Wildman–Crippen MR) is 138 cm³/mol. The van der Waals surface area contributed by atoms with Crippen LogP contribution in [0.1, 0.15) is 18.0 Å². The van der Waals surface area contributed by atoms with Crippen LogP contribution in [0.5, 0.6) is 5.75 Å². The zero-order chi connectivity index (χ0) is 24.4. The Kier molecular flexibility index (Phi) is 6.53. The number of carbonyl (C=O) groups is 1. The number of aliphatic hydroxyl groups excluding tert-OH is 1. The summed E-state index contributed by atoms with van der Waals surface area (Å²) in [5.41, 5.74) is 8.37. The standard InChI is InChI=1S/C28H30N4O3/c1-31(27(34)18-35-26-12-11-24(29)28-23(26)10-5-14-30-28)25(17-32-15-13-20(33)16-32)22-9-4-7-19-6-2-3-8-21(19)22/h2-12,14,20,25,33H,13,15-18,29H2,1H3/t20-,25?/m0/s1. The van der Waals surface area contributed by atoms with E-state index in [1.165, 1.54) is 0 Å². The number of likely N-dealkylation sites (N-methyl/N-ethyl adjacent to an activating group) is 1. The summed E-state index contributed by atoms with van der Waals surface area (Å²) in [4.78, 5) is 21.7. The number of aromatic nitrogens is 1. The molecule has 7 heteroatoms. The van der Waals surface area contributed by atoms with Crippen LogP contribution in [-0.2, 0) is 4.79 Å². The summed E-state index contributed by atoms with van der Waals surface area (Å²) in [6.45, 7) is 1.96. The second-order valence-corrected chi connectivity index (χ2v) is 9.13. The lowest BCUT2D eigenvalue weighted by Crippen LogP contribution is -2.41. The van der Waals surface area contributed by atoms with Gasteiger partial charge in [0, 0.05) is 38.3 Å². The molecule has 35 heavy (non-hydrogen) atoms. The molecular formula is C28H30N4O3. The largest absolute Gasteiger partial charge is 0.483 e. The Morgan fingerprint density at radius 3 is 2.77 bits per heavy atom. The van der Waals surface area contributed by atoms with Gasteiger partial charge in [-0.2, -0.15) is 0 Å². The molecule has 3 N–H and O–H groups in total. The minimum atomic E-state index is -0.320. The third kappa shape index (κ3) is 4.78. The number of pyridine rings is 1. The number of nitrogen functional groups attached to an aromatic ring is 1. The van der Waals surface area contributed by atoms with E-state index < -0.39 is 0 Å². The van der Waals surface area contributed by atoms with Crippen molar-refractivity contribution < 1.29 is 14.6 Å². The number of fused-ring (bicyclic) bond motifs is 2. The van der Waals surface area contributed by atoms with Gasteiger partial charge >= 0.3 is 0 Å². The first-order valence-electron chi connectivity index (χ1n) is 11.9. The van der Waals surface area contributed by atoms with Crippen molar-refractivity contribution >= 4 is 33.3 Å². The first-order chi connectivity index (χ1) is 17.0. The van der Waals surface area contributed by atoms with Crippen LogP contribution in [-0.4, -0.2) is 65.2 Å². The number of benzene rings is 3. The van der Waals surface area contributed by atoms with Crippen LogP contribution in [0.2, 0.25) is 0 Å². The number of nitrogens with two attached hydrogens (primary N) is 1. The first-order valence-corrected chi connectivity index (χ1v) is 11.9. The maximum Gasteiger partial charge on any atom is 0.260 e. The lowest BCUT2D eigenvalue weighted by atomic mass is 9.97. The van der Waals surface area contributed by atoms with Crippen LogP contribution >= 0.6 is 0 Å². The SMILES string of the molecule is CN(C(=O)COc1ccc(N)c2ncccc12)C(CN1CC[C@H](O)C1)c1cccc2ccccc12. The number of hydrogen-bond acceptors (Lipinski definition) is 6. The summed E-state index contributed by atoms with van der Waals surface area (Å²) in [7, 11) is 1.83. The summed E-state index contributed by atoms with van der Waals surface area (Å²) in [5.74, 6) is 0.449. The number of aliphatic hydroxyl groups is 1. The van der Waals surface area contributed by atoms with E-state index in [4.69, 9.17) is 10.5 Å². The van der Waals surface area contributed by atoms with Gasteiger partial charge in [0.25, 0.3) is 5.91 Å². The van der Waals surface area contributed by atoms with E-state index >= 15 is 0 Å². The van der Waals surface area contributed by atoms with Crippen molar-refractivity contribution in [2.75, 3.05) is 39.0 Å². The minimum absolute atomic E-state index is 0.103. The van der Waals surface area contributed by atoms with E-state index in [1.54, 1.807) is 23.2 Å². The molecule has 2 heterocycles. The monoisotopic (exact) mass is 470 g/mol. The highest BCUT2D eigenvalue weighted by Crippen LogP contribution is 2.31. The molecule has 1 fully saturated rings. The number of ether oxygens (including phenoxy) is 1. The number of rotatable bonds is 7. The van der Waals surface area contributed by atoms with Crippen molar-refractivity contribution in [3.8, 4) is 5.75 Å². The normalized spacial score (nSPS) is 17.0. The summed E-state index contributed by atoms with van der Waals surface area (Å²) < 4.78 is 5.98. The van der Waals surface area contributed by atoms with Gasteiger partial charge in [-0.1, -0.05) is 42.5 Å². The number of carbonyl (C=O) groups excluding carboxylic acids is 1. The van der Waals surface area contributed by atoms with Crippen molar-refractivity contribution in [3.63, 3.8) is 0 Å². The highest BCUT2D eigenvalue weighted by atomic mass is 16.5. The van der Waals surface area contributed by atoms with Crippen LogP contribution in [0.15, 0.2) is 72.9 Å². The van der Waals surface area contributed by atoms with Crippen molar-refractivity contribution in [3.05, 3.63) is 78.5 Å². The molecule has 0 bridgehead atoms. The molecule has 1 unspecified atom stereocenters. The Bertz CT molecular complexity index is 1350. The van der Waals surface area contributed by atoms with Gasteiger partial charge in [-0.3, -0.25) is 14.7 Å². The fraction of sp³-hybridized carbons (Fsp3) is 0.286. The van der Waals surface area contributed by atoms with E-state index in [0.29, 0.717) is 30.0 Å². The van der Waals surface area contributed by atoms with Crippen LogP contribution in [0, 0.1) is 0 Å². The van der Waals surface area contributed by atoms with E-state index in [1.807, 2.05) is 37.4 Å². The zero-order valence-corrected chi connectivity index (χ0v) is 19.8. The maximum atomic E-state index is 13.4. The molecule has 1 aliphatic rings. The van der Waals surface area contributed by atoms with Crippen molar-refractivity contribution in [2.24, 2.45) is 0 Å². The second-order valence-electron chi connectivity index (χ2n) is 9.13. The quantitative estimate of drug-likeness (QED) is 0.401. The lowest BCUT2D eigenvalue weighted by Gasteiger charge is -2.33. The maximum absolute atomic E-state index is 13.4. The molecule has 2 atom stereocenters. The Hall–Kier alpha value is -3.68. The number of amides is 1. The van der Waals surface area contributed by atoms with Gasteiger partial charge in [0.15, 0.2) is 6.61 Å². The smallest absolute Gasteiger partial charge is 0.260 e. The van der Waals surface area contributed by atoms with E-state index in [0.717, 1.165) is 34.7 Å². The Balaban J connectivity index is 1.40. The summed E-state index contributed by atoms with van der Waals surface area (Å²) in [6.07, 6.45) is 2.12. The van der Waals surface area contributed by atoms with Crippen LogP contribution in [0.3, 0.4) is 0 Å². The van der Waals surface area contributed by atoms with Gasteiger partial charge in [0.05, 0.1) is 23.3 Å². The molecule has 7 nitrogen and oxygen atoms in total. The van der Waals surface area contributed by atoms with Gasteiger partial charge < -0.3 is 20.5 Å². The molecule has 0 saturated carbocycles. The predicted octanol–water partition coefficient (Wildman–Crippen LogP) is 3.62. The van der Waals surface area contributed by atoms with Crippen molar-refractivity contribution in [1.29, 1.82) is 0 Å². The van der Waals surface area contributed by atoms with E-state index in [9.17, 15) is 9.90 Å². The second kappa shape index (κ2) is 9.90. The summed E-state index contributed by atoms with van der Waals surface area (Å²) in [5, 5.41) is 13.1. The highest BCUT2D eigenvalue weighted by molar-refractivity contribution is 5.94. The van der Waals surface area contributed by atoms with Crippen molar-refractivity contribution in [1.82, 2.24) is 14.8 Å². The Morgan fingerprint density at radius 2 is 1.94 bits per heavy atom. The van der Waals surface area contributed by atoms with Gasteiger partial charge in [0.1, 0.15) is 5.75 Å². The third-order valence-electron chi connectivity index (χ3n) is 6.83. The van der Waals surface area contributed by atoms with Gasteiger partial charge in [-0.15, -0.1) is 0 Å². The molecule has 180 valence electrons. The van der Waals surface area contributed by atoms with E-state index in [-0.39, 0.29) is 24.7 Å². The summed E-state index contributed by atoms with van der Waals surface area (Å²) >= 11 is 0. The number of likely N-dealkylation sites (tertiary alicyclic amines) is 1. The number of β-amino-alcohol motifs (C(OH)–C–C–N with tert-alkyl or cyclic N) is 1. The average Bonchev–Trinajstić information content (AvgIpc) is 3.31. The zero-order valence-electron chi connectivity index (χ0n) is 19.8. The number of hydrogen-bond donors (Lipinski definition) is 2. The van der Waals surface area contributed by atoms with Gasteiger partial charge in [-0.05, 0) is 47.0 Å². The van der Waals surface area contributed by atoms with E-state index in [2.05, 4.69) is 34.1 Å². The summed E-state index contributed by atoms with van der Waals surface area (Å²) in [6, 6.07) is 21.5. The Labute approximate surface area is 204 Å². The molecule has 1 aliphatic heterocycles. The molecule has 1 saturated heterocycles. The Morgan fingerprint density at radius 1 is 1.14 bits per heavy atom. The first kappa shape index (κ1) is 23.1. The molecule has 0 aliphatic carbocycles. The van der Waals surface area contributed by atoms with Crippen LogP contribution in [0.4, 0.5) is 5.69 Å². The lowest BCUT2D eigenvalue weighted by molar-refractivity contribution is -0.134. The fourth-order valence-corrected chi connectivity index (χ4v) is 4.90. The minimum Gasteiger partial charge on any atom is -0.483 e. The molecule has 5 rings (SSSR count). The molecule has 1 aromatic heterocycles. The molecule has 0 spiro atoms.